The molecular weight excluding hydrogens is 144 g/mol. The van der Waals surface area contributed by atoms with Gasteiger partial charge in [0.05, 0.1) is 6.10 Å². The summed E-state index contributed by atoms with van der Waals surface area (Å²) in [6, 6.07) is 0. The molecule has 1 heterocycles. The number of carbonyl (C=O) groups is 1. The second-order valence-corrected chi connectivity index (χ2v) is 2.45. The highest BCUT2D eigenvalue weighted by molar-refractivity contribution is 5.72. The third-order valence-corrected chi connectivity index (χ3v) is 1.39. The molecule has 0 spiro atoms. The fourth-order valence-electron chi connectivity index (χ4n) is 0.639. The Morgan fingerprint density at radius 2 is 2.27 bits per heavy atom. The summed E-state index contributed by atoms with van der Waals surface area (Å²) in [7, 11) is 1.60. The number of hydrogen-bond acceptors (Lipinski definition) is 3. The number of nitrogens with one attached hydrogen (secondary N) is 2. The lowest BCUT2D eigenvalue weighted by molar-refractivity contribution is -0.118. The first kappa shape index (κ1) is 10.4. The zero-order valence-electron chi connectivity index (χ0n) is 7.05. The van der Waals surface area contributed by atoms with Gasteiger partial charge in [0.1, 0.15) is 0 Å². The van der Waals surface area contributed by atoms with Crippen LogP contribution in [0.15, 0.2) is 0 Å². The van der Waals surface area contributed by atoms with Crippen LogP contribution in [-0.4, -0.2) is 37.3 Å². The van der Waals surface area contributed by atoms with Gasteiger partial charge in [-0.2, -0.15) is 0 Å². The smallest absolute Gasteiger partial charge is 0.216 e. The first-order chi connectivity index (χ1) is 5.16. The van der Waals surface area contributed by atoms with Crippen LogP contribution < -0.4 is 10.6 Å². The van der Waals surface area contributed by atoms with E-state index in [9.17, 15) is 4.79 Å². The van der Waals surface area contributed by atoms with Crippen LogP contribution in [-0.2, 0) is 4.79 Å². The topological polar surface area (TPSA) is 61.4 Å². The lowest BCUT2D eigenvalue weighted by Crippen LogP contribution is -2.11. The predicted octanol–water partition coefficient (Wildman–Crippen LogP) is -0.907. The first-order valence-electron chi connectivity index (χ1n) is 3.74. The number of amides is 1. The van der Waals surface area contributed by atoms with Gasteiger partial charge < -0.3 is 15.7 Å². The predicted molar refractivity (Wildman–Crippen MR) is 43.2 cm³/mol. The quantitative estimate of drug-likeness (QED) is 0.430. The Morgan fingerprint density at radius 1 is 1.73 bits per heavy atom. The molecule has 0 radical (unpaired) electrons. The van der Waals surface area contributed by atoms with Crippen LogP contribution in [0.4, 0.5) is 0 Å². The Labute approximate surface area is 67.0 Å². The second kappa shape index (κ2) is 6.12. The van der Waals surface area contributed by atoms with Gasteiger partial charge in [0.15, 0.2) is 0 Å². The molecule has 4 heteroatoms. The Bertz CT molecular complexity index is 111. The molecule has 1 aliphatic rings. The lowest BCUT2D eigenvalue weighted by Gasteiger charge is -1.90. The van der Waals surface area contributed by atoms with Crippen molar-refractivity contribution in [3.63, 3.8) is 0 Å². The molecule has 1 aliphatic heterocycles. The monoisotopic (exact) mass is 160 g/mol. The molecule has 1 saturated heterocycles. The van der Waals surface area contributed by atoms with E-state index in [0.717, 1.165) is 19.5 Å². The van der Waals surface area contributed by atoms with Crippen LogP contribution in [0.1, 0.15) is 13.3 Å². The number of aliphatic hydroxyl groups excluding tert-OH is 1. The van der Waals surface area contributed by atoms with Crippen LogP contribution in [0, 0.1) is 0 Å². The Morgan fingerprint density at radius 3 is 2.36 bits per heavy atom. The van der Waals surface area contributed by atoms with Gasteiger partial charge in [-0.05, 0) is 13.0 Å². The van der Waals surface area contributed by atoms with Crippen molar-refractivity contribution in [2.24, 2.45) is 0 Å². The van der Waals surface area contributed by atoms with E-state index in [-0.39, 0.29) is 12.0 Å². The highest BCUT2D eigenvalue weighted by Gasteiger charge is 2.08. The van der Waals surface area contributed by atoms with E-state index in [1.807, 2.05) is 0 Å². The van der Waals surface area contributed by atoms with Crippen LogP contribution in [0.25, 0.3) is 0 Å². The molecule has 0 aromatic heterocycles. The van der Waals surface area contributed by atoms with Crippen molar-refractivity contribution < 1.29 is 9.90 Å². The van der Waals surface area contributed by atoms with Crippen molar-refractivity contribution >= 4 is 5.91 Å². The fourth-order valence-corrected chi connectivity index (χ4v) is 0.639. The van der Waals surface area contributed by atoms with E-state index in [2.05, 4.69) is 10.6 Å². The highest BCUT2D eigenvalue weighted by Crippen LogP contribution is 1.93. The van der Waals surface area contributed by atoms with Crippen molar-refractivity contribution in [3.8, 4) is 0 Å². The van der Waals surface area contributed by atoms with Gasteiger partial charge in [-0.3, -0.25) is 4.79 Å². The molecule has 0 bridgehead atoms. The zero-order chi connectivity index (χ0) is 8.69. The number of β-amino-alcohol motifs (C(OH)–C–C–N with tert-alkyl or cyclic N) is 1. The van der Waals surface area contributed by atoms with E-state index < -0.39 is 0 Å². The normalized spacial score (nSPS) is 21.9. The zero-order valence-corrected chi connectivity index (χ0v) is 7.05. The largest absolute Gasteiger partial charge is 0.392 e. The molecule has 3 N–H and O–H groups in total. The average Bonchev–Trinajstić information content (AvgIpc) is 2.41. The van der Waals surface area contributed by atoms with E-state index >= 15 is 0 Å². The molecule has 0 aliphatic carbocycles. The summed E-state index contributed by atoms with van der Waals surface area (Å²) in [5, 5.41) is 14.1. The second-order valence-electron chi connectivity index (χ2n) is 2.45. The van der Waals surface area contributed by atoms with E-state index in [4.69, 9.17) is 5.11 Å². The Kier molecular flexibility index (Phi) is 5.78. The Balaban J connectivity index is 0.000000187. The minimum atomic E-state index is -0.0648. The lowest BCUT2D eigenvalue weighted by atomic mass is 10.3. The van der Waals surface area contributed by atoms with Gasteiger partial charge in [-0.1, -0.05) is 0 Å². The number of carbonyl (C=O) groups excluding carboxylic acids is 1. The van der Waals surface area contributed by atoms with Crippen molar-refractivity contribution in [2.75, 3.05) is 20.1 Å². The van der Waals surface area contributed by atoms with E-state index in [0.29, 0.717) is 0 Å². The molecule has 11 heavy (non-hydrogen) atoms. The summed E-state index contributed by atoms with van der Waals surface area (Å²) in [5.74, 6) is 0.00463. The Hall–Kier alpha value is -0.610. The molecule has 1 rings (SSSR count). The number of hydrogen-bond donors (Lipinski definition) is 3. The summed E-state index contributed by atoms with van der Waals surface area (Å²) in [5.41, 5.74) is 0. The van der Waals surface area contributed by atoms with Gasteiger partial charge in [-0.25, -0.2) is 0 Å². The van der Waals surface area contributed by atoms with Crippen molar-refractivity contribution in [3.05, 3.63) is 0 Å². The number of aliphatic hydroxyl groups is 1. The number of rotatable bonds is 0. The summed E-state index contributed by atoms with van der Waals surface area (Å²) < 4.78 is 0. The summed E-state index contributed by atoms with van der Waals surface area (Å²) >= 11 is 0. The molecule has 1 unspecified atom stereocenters. The van der Waals surface area contributed by atoms with E-state index in [1.54, 1.807) is 7.05 Å². The maximum atomic E-state index is 9.70. The molecule has 1 fully saturated rings. The maximum Gasteiger partial charge on any atom is 0.216 e. The van der Waals surface area contributed by atoms with Gasteiger partial charge in [-0.15, -0.1) is 0 Å². The van der Waals surface area contributed by atoms with Gasteiger partial charge in [0, 0.05) is 20.5 Å². The molecular formula is C7H16N2O2. The summed E-state index contributed by atoms with van der Waals surface area (Å²) in [4.78, 5) is 9.70. The third kappa shape index (κ3) is 7.29. The van der Waals surface area contributed by atoms with Crippen LogP contribution in [0.5, 0.6) is 0 Å². The third-order valence-electron chi connectivity index (χ3n) is 1.39. The highest BCUT2D eigenvalue weighted by atomic mass is 16.3. The summed E-state index contributed by atoms with van der Waals surface area (Å²) in [6.45, 7) is 3.25. The maximum absolute atomic E-state index is 9.70. The van der Waals surface area contributed by atoms with Crippen molar-refractivity contribution in [2.45, 2.75) is 19.4 Å². The van der Waals surface area contributed by atoms with Crippen molar-refractivity contribution in [1.29, 1.82) is 0 Å². The van der Waals surface area contributed by atoms with Gasteiger partial charge in [0.25, 0.3) is 0 Å². The molecule has 0 aromatic rings. The van der Waals surface area contributed by atoms with Crippen LogP contribution >= 0.6 is 0 Å². The van der Waals surface area contributed by atoms with Crippen LogP contribution in [0.3, 0.4) is 0 Å². The minimum absolute atomic E-state index is 0.00463. The molecule has 1 atom stereocenters. The standard InChI is InChI=1S/C4H9NO.C3H7NO/c6-4-1-2-5-3-4;1-3(5)4-2/h4-6H,1-3H2;1-2H3,(H,4,5). The van der Waals surface area contributed by atoms with Crippen LogP contribution in [0.2, 0.25) is 0 Å². The first-order valence-corrected chi connectivity index (χ1v) is 3.74. The van der Waals surface area contributed by atoms with Crippen molar-refractivity contribution in [1.82, 2.24) is 10.6 Å². The molecule has 0 saturated carbocycles. The SMILES string of the molecule is CNC(C)=O.OC1CCNC1. The van der Waals surface area contributed by atoms with E-state index in [1.165, 1.54) is 6.92 Å². The molecule has 1 amide bonds. The molecule has 4 nitrogen and oxygen atoms in total. The molecule has 66 valence electrons. The molecule has 0 aromatic carbocycles. The fraction of sp³-hybridized carbons (Fsp3) is 0.857. The minimum Gasteiger partial charge on any atom is -0.392 e. The average molecular weight is 160 g/mol. The summed E-state index contributed by atoms with van der Waals surface area (Å²) in [6.07, 6.45) is 0.866. The van der Waals surface area contributed by atoms with Gasteiger partial charge in [0.2, 0.25) is 5.91 Å². The van der Waals surface area contributed by atoms with Gasteiger partial charge >= 0.3 is 0 Å².